The van der Waals surface area contributed by atoms with Crippen molar-refractivity contribution in [2.75, 3.05) is 25.5 Å². The Balaban J connectivity index is 1.71. The van der Waals surface area contributed by atoms with Gasteiger partial charge in [0.1, 0.15) is 12.1 Å². The molecular formula is C17H22N4. The topological polar surface area (TPSA) is 41.0 Å². The molecule has 1 N–H and O–H groups in total. The summed E-state index contributed by atoms with van der Waals surface area (Å²) in [5, 5.41) is 3.59. The van der Waals surface area contributed by atoms with Crippen molar-refractivity contribution in [2.24, 2.45) is 5.92 Å². The lowest BCUT2D eigenvalue weighted by molar-refractivity contribution is 0.193. The Bertz CT molecular complexity index is 543. The van der Waals surface area contributed by atoms with Gasteiger partial charge in [-0.1, -0.05) is 30.3 Å². The van der Waals surface area contributed by atoms with Gasteiger partial charge in [-0.15, -0.1) is 0 Å². The number of hydrogen-bond acceptors (Lipinski definition) is 4. The molecule has 21 heavy (non-hydrogen) atoms. The van der Waals surface area contributed by atoms with Gasteiger partial charge in [-0.3, -0.25) is 0 Å². The quantitative estimate of drug-likeness (QED) is 0.935. The first-order chi connectivity index (χ1) is 10.3. The monoisotopic (exact) mass is 282 g/mol. The van der Waals surface area contributed by atoms with Crippen LogP contribution in [0.3, 0.4) is 0 Å². The lowest BCUT2D eigenvalue weighted by Crippen LogP contribution is -2.45. The van der Waals surface area contributed by atoms with Crippen LogP contribution >= 0.6 is 0 Å². The lowest BCUT2D eigenvalue weighted by Gasteiger charge is -2.37. The molecule has 1 aliphatic heterocycles. The first-order valence-corrected chi connectivity index (χ1v) is 7.56. The predicted molar refractivity (Wildman–Crippen MR) is 85.2 cm³/mol. The normalized spacial score (nSPS) is 22.9. The summed E-state index contributed by atoms with van der Waals surface area (Å²) in [5.74, 6) is 1.53. The second-order valence-electron chi connectivity index (χ2n) is 5.85. The Morgan fingerprint density at radius 3 is 2.86 bits per heavy atom. The second-order valence-corrected chi connectivity index (χ2v) is 5.85. The van der Waals surface area contributed by atoms with Gasteiger partial charge in [-0.2, -0.15) is 0 Å². The van der Waals surface area contributed by atoms with Gasteiger partial charge < -0.3 is 10.2 Å². The Morgan fingerprint density at radius 1 is 1.24 bits per heavy atom. The standard InChI is InChI=1S/C17H22N4/c1-21-10-8-16(20-17-7-9-18-13-19-17)15(12-21)11-14-5-3-2-4-6-14/h2-7,9,13,15-16H,8,10-12H2,1H3,(H,18,19,20)/t15-,16+/m0/s1. The lowest BCUT2D eigenvalue weighted by atomic mass is 9.87. The highest BCUT2D eigenvalue weighted by Gasteiger charge is 2.27. The summed E-state index contributed by atoms with van der Waals surface area (Å²) in [7, 11) is 2.21. The number of piperidine rings is 1. The Morgan fingerprint density at radius 2 is 2.10 bits per heavy atom. The number of nitrogens with one attached hydrogen (secondary N) is 1. The molecule has 1 aliphatic rings. The smallest absolute Gasteiger partial charge is 0.129 e. The number of benzene rings is 1. The highest BCUT2D eigenvalue weighted by molar-refractivity contribution is 5.34. The van der Waals surface area contributed by atoms with Crippen LogP contribution in [0.5, 0.6) is 0 Å². The van der Waals surface area contributed by atoms with Gasteiger partial charge >= 0.3 is 0 Å². The molecule has 0 spiro atoms. The third-order valence-electron chi connectivity index (χ3n) is 4.19. The van der Waals surface area contributed by atoms with Gasteiger partial charge in [0.2, 0.25) is 0 Å². The van der Waals surface area contributed by atoms with E-state index in [0.717, 1.165) is 31.7 Å². The van der Waals surface area contributed by atoms with Gasteiger partial charge in [-0.25, -0.2) is 9.97 Å². The second kappa shape index (κ2) is 6.68. The zero-order valence-corrected chi connectivity index (χ0v) is 12.4. The van der Waals surface area contributed by atoms with Crippen LogP contribution in [0.4, 0.5) is 5.82 Å². The number of anilines is 1. The molecule has 0 unspecified atom stereocenters. The maximum Gasteiger partial charge on any atom is 0.129 e. The molecule has 2 atom stereocenters. The Labute approximate surface area is 126 Å². The van der Waals surface area contributed by atoms with Crippen molar-refractivity contribution in [3.63, 3.8) is 0 Å². The van der Waals surface area contributed by atoms with Crippen LogP contribution in [0.1, 0.15) is 12.0 Å². The molecule has 3 rings (SSSR count). The number of likely N-dealkylation sites (tertiary alicyclic amines) is 1. The number of aromatic nitrogens is 2. The third-order valence-corrected chi connectivity index (χ3v) is 4.19. The molecular weight excluding hydrogens is 260 g/mol. The third kappa shape index (κ3) is 3.79. The van der Waals surface area contributed by atoms with E-state index in [9.17, 15) is 0 Å². The molecule has 4 heteroatoms. The van der Waals surface area contributed by atoms with Gasteiger partial charge in [0.05, 0.1) is 0 Å². The fourth-order valence-corrected chi connectivity index (χ4v) is 3.09. The molecule has 2 heterocycles. The highest BCUT2D eigenvalue weighted by atomic mass is 15.1. The molecule has 0 aliphatic carbocycles. The van der Waals surface area contributed by atoms with Gasteiger partial charge in [0.25, 0.3) is 0 Å². The molecule has 2 aromatic rings. The van der Waals surface area contributed by atoms with Crippen LogP contribution in [0.25, 0.3) is 0 Å². The van der Waals surface area contributed by atoms with E-state index in [4.69, 9.17) is 0 Å². The average Bonchev–Trinajstić information content (AvgIpc) is 2.52. The number of nitrogens with zero attached hydrogens (tertiary/aromatic N) is 3. The van der Waals surface area contributed by atoms with Gasteiger partial charge in [0, 0.05) is 18.8 Å². The molecule has 0 saturated carbocycles. The molecule has 1 aromatic heterocycles. The molecule has 1 fully saturated rings. The first kappa shape index (κ1) is 14.0. The van der Waals surface area contributed by atoms with E-state index in [1.165, 1.54) is 5.56 Å². The summed E-state index contributed by atoms with van der Waals surface area (Å²) in [4.78, 5) is 10.7. The molecule has 4 nitrogen and oxygen atoms in total. The fourth-order valence-electron chi connectivity index (χ4n) is 3.09. The Hall–Kier alpha value is -1.94. The van der Waals surface area contributed by atoms with E-state index in [0.29, 0.717) is 12.0 Å². The molecule has 1 aromatic carbocycles. The van der Waals surface area contributed by atoms with E-state index >= 15 is 0 Å². The SMILES string of the molecule is CN1CC[C@@H](Nc2ccncn2)[C@@H](Cc2ccccc2)C1. The average molecular weight is 282 g/mol. The summed E-state index contributed by atoms with van der Waals surface area (Å²) in [6.45, 7) is 2.26. The van der Waals surface area contributed by atoms with Gasteiger partial charge in [0.15, 0.2) is 0 Å². The van der Waals surface area contributed by atoms with Crippen LogP contribution in [0.2, 0.25) is 0 Å². The molecule has 110 valence electrons. The van der Waals surface area contributed by atoms with Crippen molar-refractivity contribution in [3.8, 4) is 0 Å². The molecule has 0 bridgehead atoms. The van der Waals surface area contributed by atoms with Crippen molar-refractivity contribution in [3.05, 3.63) is 54.5 Å². The maximum absolute atomic E-state index is 4.30. The number of hydrogen-bond donors (Lipinski definition) is 1. The van der Waals surface area contributed by atoms with Crippen LogP contribution < -0.4 is 5.32 Å². The van der Waals surface area contributed by atoms with Crippen LogP contribution in [0, 0.1) is 5.92 Å². The zero-order chi connectivity index (χ0) is 14.5. The minimum Gasteiger partial charge on any atom is -0.367 e. The van der Waals surface area contributed by atoms with Crippen molar-refractivity contribution < 1.29 is 0 Å². The summed E-state index contributed by atoms with van der Waals surface area (Å²) in [5.41, 5.74) is 1.41. The van der Waals surface area contributed by atoms with Crippen LogP contribution in [-0.2, 0) is 6.42 Å². The van der Waals surface area contributed by atoms with Crippen molar-refractivity contribution >= 4 is 5.82 Å². The minimum atomic E-state index is 0.469. The van der Waals surface area contributed by atoms with Crippen LogP contribution in [0.15, 0.2) is 48.9 Å². The van der Waals surface area contributed by atoms with E-state index in [2.05, 4.69) is 57.6 Å². The van der Waals surface area contributed by atoms with Gasteiger partial charge in [-0.05, 0) is 44.0 Å². The fraction of sp³-hybridized carbons (Fsp3) is 0.412. The van der Waals surface area contributed by atoms with E-state index in [-0.39, 0.29) is 0 Å². The highest BCUT2D eigenvalue weighted by Crippen LogP contribution is 2.23. The van der Waals surface area contributed by atoms with Crippen LogP contribution in [-0.4, -0.2) is 41.0 Å². The minimum absolute atomic E-state index is 0.469. The van der Waals surface area contributed by atoms with E-state index < -0.39 is 0 Å². The van der Waals surface area contributed by atoms with E-state index in [1.54, 1.807) is 12.5 Å². The molecule has 0 amide bonds. The van der Waals surface area contributed by atoms with E-state index in [1.807, 2.05) is 6.07 Å². The van der Waals surface area contributed by atoms with Crippen molar-refractivity contribution in [1.29, 1.82) is 0 Å². The summed E-state index contributed by atoms with van der Waals surface area (Å²) in [6, 6.07) is 13.2. The number of rotatable bonds is 4. The van der Waals surface area contributed by atoms with Crippen molar-refractivity contribution in [2.45, 2.75) is 18.9 Å². The summed E-state index contributed by atoms with van der Waals surface area (Å²) < 4.78 is 0. The largest absolute Gasteiger partial charge is 0.367 e. The summed E-state index contributed by atoms with van der Waals surface area (Å²) >= 11 is 0. The molecule has 0 radical (unpaired) electrons. The Kier molecular flexibility index (Phi) is 4.46. The zero-order valence-electron chi connectivity index (χ0n) is 12.4. The van der Waals surface area contributed by atoms with Crippen molar-refractivity contribution in [1.82, 2.24) is 14.9 Å². The first-order valence-electron chi connectivity index (χ1n) is 7.56. The maximum atomic E-state index is 4.30. The predicted octanol–water partition coefficient (Wildman–Crippen LogP) is 2.45. The summed E-state index contributed by atoms with van der Waals surface area (Å²) in [6.07, 6.45) is 5.64. The molecule has 1 saturated heterocycles.